The van der Waals surface area contributed by atoms with E-state index >= 15 is 0 Å². The molecule has 0 saturated carbocycles. The van der Waals surface area contributed by atoms with Gasteiger partial charge in [0.15, 0.2) is 5.82 Å². The maximum absolute atomic E-state index is 4.25. The van der Waals surface area contributed by atoms with E-state index in [2.05, 4.69) is 46.9 Å². The number of hydrogen-bond donors (Lipinski definition) is 0. The molecule has 0 N–H and O–H groups in total. The standard InChI is InChI=1S/C8H6Br2N4/c1-14-5(2-3-11-14)8-12-6(9)4-7(10)13-8/h2-4H,1H3. The van der Waals surface area contributed by atoms with E-state index in [1.807, 2.05) is 13.1 Å². The zero-order chi connectivity index (χ0) is 10.1. The van der Waals surface area contributed by atoms with E-state index in [0.717, 1.165) is 14.9 Å². The van der Waals surface area contributed by atoms with Crippen LogP contribution in [0, 0.1) is 0 Å². The van der Waals surface area contributed by atoms with Gasteiger partial charge in [-0.05, 0) is 37.9 Å². The van der Waals surface area contributed by atoms with Crippen LogP contribution < -0.4 is 0 Å². The first-order valence-electron chi connectivity index (χ1n) is 3.85. The molecule has 0 fully saturated rings. The third kappa shape index (κ3) is 1.85. The Morgan fingerprint density at radius 1 is 1.21 bits per heavy atom. The van der Waals surface area contributed by atoms with Crippen LogP contribution in [0.3, 0.4) is 0 Å². The Balaban J connectivity index is 2.57. The van der Waals surface area contributed by atoms with Crippen molar-refractivity contribution >= 4 is 31.9 Å². The molecule has 4 nitrogen and oxygen atoms in total. The third-order valence-electron chi connectivity index (χ3n) is 1.71. The topological polar surface area (TPSA) is 43.6 Å². The fourth-order valence-corrected chi connectivity index (χ4v) is 2.17. The Labute approximate surface area is 97.6 Å². The minimum absolute atomic E-state index is 0.645. The molecule has 72 valence electrons. The van der Waals surface area contributed by atoms with Crippen molar-refractivity contribution in [2.24, 2.45) is 7.05 Å². The summed E-state index contributed by atoms with van der Waals surface area (Å²) in [4.78, 5) is 8.50. The molecule has 2 aromatic rings. The first-order chi connectivity index (χ1) is 6.66. The summed E-state index contributed by atoms with van der Waals surface area (Å²) in [5, 5.41) is 4.06. The van der Waals surface area contributed by atoms with Gasteiger partial charge < -0.3 is 0 Å². The van der Waals surface area contributed by atoms with E-state index in [1.54, 1.807) is 16.9 Å². The van der Waals surface area contributed by atoms with Crippen molar-refractivity contribution in [3.05, 3.63) is 27.5 Å². The summed E-state index contributed by atoms with van der Waals surface area (Å²) < 4.78 is 3.22. The van der Waals surface area contributed by atoms with Gasteiger partial charge in [-0.2, -0.15) is 5.10 Å². The van der Waals surface area contributed by atoms with Crippen molar-refractivity contribution in [2.45, 2.75) is 0 Å². The Hall–Kier alpha value is -0.750. The highest BCUT2D eigenvalue weighted by atomic mass is 79.9. The number of nitrogens with zero attached hydrogens (tertiary/aromatic N) is 4. The average molecular weight is 318 g/mol. The lowest BCUT2D eigenvalue weighted by atomic mass is 10.4. The summed E-state index contributed by atoms with van der Waals surface area (Å²) in [6.45, 7) is 0. The quantitative estimate of drug-likeness (QED) is 0.759. The second-order valence-electron chi connectivity index (χ2n) is 2.68. The normalized spacial score (nSPS) is 10.5. The van der Waals surface area contributed by atoms with Crippen LogP contribution in [0.25, 0.3) is 11.5 Å². The van der Waals surface area contributed by atoms with Crippen LogP contribution in [0.4, 0.5) is 0 Å². The molecule has 2 rings (SSSR count). The average Bonchev–Trinajstić information content (AvgIpc) is 2.49. The van der Waals surface area contributed by atoms with Crippen LogP contribution in [0.1, 0.15) is 0 Å². The van der Waals surface area contributed by atoms with Crippen LogP contribution >= 0.6 is 31.9 Å². The number of halogens is 2. The third-order valence-corrected chi connectivity index (χ3v) is 2.53. The first kappa shape index (κ1) is 9.79. The maximum atomic E-state index is 4.25. The molecule has 14 heavy (non-hydrogen) atoms. The highest BCUT2D eigenvalue weighted by Gasteiger charge is 2.07. The lowest BCUT2D eigenvalue weighted by molar-refractivity contribution is 0.769. The Morgan fingerprint density at radius 3 is 2.36 bits per heavy atom. The molecule has 0 aliphatic heterocycles. The Bertz CT molecular complexity index is 446. The molecular formula is C8H6Br2N4. The van der Waals surface area contributed by atoms with Crippen LogP contribution in [-0.4, -0.2) is 19.7 Å². The highest BCUT2D eigenvalue weighted by Crippen LogP contribution is 2.19. The first-order valence-corrected chi connectivity index (χ1v) is 5.44. The maximum Gasteiger partial charge on any atom is 0.179 e. The molecule has 0 aromatic carbocycles. The molecule has 2 aromatic heterocycles. The predicted molar refractivity (Wildman–Crippen MR) is 59.6 cm³/mol. The largest absolute Gasteiger partial charge is 0.265 e. The zero-order valence-corrected chi connectivity index (χ0v) is 10.4. The van der Waals surface area contributed by atoms with Gasteiger partial charge in [-0.15, -0.1) is 0 Å². The summed E-state index contributed by atoms with van der Waals surface area (Å²) in [6, 6.07) is 3.66. The summed E-state index contributed by atoms with van der Waals surface area (Å²) >= 11 is 6.62. The molecule has 2 heterocycles. The minimum atomic E-state index is 0.645. The smallest absolute Gasteiger partial charge is 0.179 e. The molecule has 0 unspecified atom stereocenters. The number of rotatable bonds is 1. The SMILES string of the molecule is Cn1nccc1-c1nc(Br)cc(Br)n1. The molecule has 0 amide bonds. The molecule has 0 radical (unpaired) electrons. The summed E-state index contributed by atoms with van der Waals surface area (Å²) in [5.74, 6) is 0.645. The second kappa shape index (κ2) is 3.78. The van der Waals surface area contributed by atoms with Gasteiger partial charge in [-0.25, -0.2) is 9.97 Å². The van der Waals surface area contributed by atoms with Crippen LogP contribution in [-0.2, 0) is 7.05 Å². The van der Waals surface area contributed by atoms with Crippen molar-refractivity contribution in [2.75, 3.05) is 0 Å². The summed E-state index contributed by atoms with van der Waals surface area (Å²) in [6.07, 6.45) is 1.72. The van der Waals surface area contributed by atoms with Gasteiger partial charge in [0.2, 0.25) is 0 Å². The number of hydrogen-bond acceptors (Lipinski definition) is 3. The monoisotopic (exact) mass is 316 g/mol. The van der Waals surface area contributed by atoms with Gasteiger partial charge in [-0.1, -0.05) is 0 Å². The van der Waals surface area contributed by atoms with E-state index < -0.39 is 0 Å². The highest BCUT2D eigenvalue weighted by molar-refractivity contribution is 9.11. The van der Waals surface area contributed by atoms with Crippen molar-refractivity contribution in [1.29, 1.82) is 0 Å². The fourth-order valence-electron chi connectivity index (χ4n) is 1.10. The van der Waals surface area contributed by atoms with Crippen molar-refractivity contribution in [1.82, 2.24) is 19.7 Å². The lowest BCUT2D eigenvalue weighted by Gasteiger charge is -2.01. The Morgan fingerprint density at radius 2 is 1.86 bits per heavy atom. The molecular weight excluding hydrogens is 312 g/mol. The molecule has 0 bridgehead atoms. The fraction of sp³-hybridized carbons (Fsp3) is 0.125. The van der Waals surface area contributed by atoms with Gasteiger partial charge >= 0.3 is 0 Å². The summed E-state index contributed by atoms with van der Waals surface area (Å²) in [7, 11) is 1.85. The van der Waals surface area contributed by atoms with Crippen LogP contribution in [0.2, 0.25) is 0 Å². The molecule has 0 aliphatic carbocycles. The van der Waals surface area contributed by atoms with Gasteiger partial charge in [-0.3, -0.25) is 4.68 Å². The van der Waals surface area contributed by atoms with Gasteiger partial charge in [0.25, 0.3) is 0 Å². The molecule has 0 atom stereocenters. The minimum Gasteiger partial charge on any atom is -0.265 e. The van der Waals surface area contributed by atoms with Gasteiger partial charge in [0.05, 0.1) is 0 Å². The van der Waals surface area contributed by atoms with Crippen molar-refractivity contribution < 1.29 is 0 Å². The van der Waals surface area contributed by atoms with Crippen LogP contribution in [0.5, 0.6) is 0 Å². The molecule has 0 spiro atoms. The summed E-state index contributed by atoms with van der Waals surface area (Å²) in [5.41, 5.74) is 0.881. The van der Waals surface area contributed by atoms with E-state index in [1.165, 1.54) is 0 Å². The van der Waals surface area contributed by atoms with Gasteiger partial charge in [0, 0.05) is 19.3 Å². The zero-order valence-electron chi connectivity index (χ0n) is 7.28. The predicted octanol–water partition coefficient (Wildman–Crippen LogP) is 2.40. The number of aryl methyl sites for hydroxylation is 1. The number of aromatic nitrogens is 4. The van der Waals surface area contributed by atoms with Crippen LogP contribution in [0.15, 0.2) is 27.5 Å². The molecule has 6 heteroatoms. The second-order valence-corrected chi connectivity index (χ2v) is 4.30. The van der Waals surface area contributed by atoms with E-state index in [9.17, 15) is 0 Å². The lowest BCUT2D eigenvalue weighted by Crippen LogP contribution is -1.98. The van der Waals surface area contributed by atoms with E-state index in [-0.39, 0.29) is 0 Å². The van der Waals surface area contributed by atoms with Gasteiger partial charge in [0.1, 0.15) is 14.9 Å². The van der Waals surface area contributed by atoms with Crippen molar-refractivity contribution in [3.8, 4) is 11.5 Å². The molecule has 0 saturated heterocycles. The van der Waals surface area contributed by atoms with E-state index in [0.29, 0.717) is 5.82 Å². The molecule has 0 aliphatic rings. The van der Waals surface area contributed by atoms with Crippen molar-refractivity contribution in [3.63, 3.8) is 0 Å². The van der Waals surface area contributed by atoms with E-state index in [4.69, 9.17) is 0 Å². The Kier molecular flexibility index (Phi) is 2.64.